The molecule has 0 aromatic heterocycles. The first-order valence-electron chi connectivity index (χ1n) is 6.69. The standard InChI is InChI=1S/C14H28O2P.ClH/c1-6-17(7-2,8-3)12-10-9-11-16-14(15)13(4)5;/h4,6-12H2,1-3,5H3;1H/q+1;/p-1. The zero-order chi connectivity index (χ0) is 13.3. The van der Waals surface area contributed by atoms with Gasteiger partial charge in [0.15, 0.2) is 0 Å². The summed E-state index contributed by atoms with van der Waals surface area (Å²) in [6.07, 6.45) is 7.58. The Bertz CT molecular complexity index is 242. The second-order valence-corrected chi connectivity index (χ2v) is 9.67. The van der Waals surface area contributed by atoms with Gasteiger partial charge in [-0.3, -0.25) is 0 Å². The van der Waals surface area contributed by atoms with Gasteiger partial charge in [0.25, 0.3) is 0 Å². The van der Waals surface area contributed by atoms with Gasteiger partial charge in [0, 0.05) is 12.8 Å². The van der Waals surface area contributed by atoms with Crippen molar-refractivity contribution in [2.24, 2.45) is 0 Å². The molecular formula is C14H28ClO2P. The van der Waals surface area contributed by atoms with E-state index in [0.29, 0.717) is 12.2 Å². The van der Waals surface area contributed by atoms with Crippen LogP contribution < -0.4 is 12.4 Å². The lowest BCUT2D eigenvalue weighted by Gasteiger charge is -2.23. The fourth-order valence-corrected chi connectivity index (χ4v) is 5.17. The van der Waals surface area contributed by atoms with E-state index in [1.54, 1.807) is 6.92 Å². The van der Waals surface area contributed by atoms with E-state index in [1.807, 2.05) is 0 Å². The minimum absolute atomic E-state index is 0. The number of hydrogen-bond acceptors (Lipinski definition) is 2. The summed E-state index contributed by atoms with van der Waals surface area (Å²) in [5.74, 6) is -0.257. The minimum Gasteiger partial charge on any atom is -1.00 e. The fraction of sp³-hybridized carbons (Fsp3) is 0.786. The highest BCUT2D eigenvalue weighted by Gasteiger charge is 2.29. The molecule has 108 valence electrons. The van der Waals surface area contributed by atoms with E-state index in [0.717, 1.165) is 6.42 Å². The lowest BCUT2D eigenvalue weighted by molar-refractivity contribution is -0.139. The predicted molar refractivity (Wildman–Crippen MR) is 78.4 cm³/mol. The van der Waals surface area contributed by atoms with Crippen molar-refractivity contribution in [2.45, 2.75) is 40.5 Å². The third-order valence-electron chi connectivity index (χ3n) is 3.62. The second kappa shape index (κ2) is 10.8. The molecule has 0 aliphatic rings. The summed E-state index contributed by atoms with van der Waals surface area (Å²) in [4.78, 5) is 11.2. The number of esters is 1. The Morgan fingerprint density at radius 3 is 2.00 bits per heavy atom. The third kappa shape index (κ3) is 7.38. The van der Waals surface area contributed by atoms with Gasteiger partial charge in [0.2, 0.25) is 0 Å². The smallest absolute Gasteiger partial charge is 0.333 e. The van der Waals surface area contributed by atoms with Gasteiger partial charge in [-0.25, -0.2) is 4.79 Å². The van der Waals surface area contributed by atoms with Gasteiger partial charge in [-0.05, 0) is 40.5 Å². The quantitative estimate of drug-likeness (QED) is 0.274. The number of unbranched alkanes of at least 4 members (excludes halogenated alkanes) is 1. The van der Waals surface area contributed by atoms with Crippen molar-refractivity contribution in [1.82, 2.24) is 0 Å². The molecule has 0 radical (unpaired) electrons. The van der Waals surface area contributed by atoms with Gasteiger partial charge >= 0.3 is 5.97 Å². The first-order valence-corrected chi connectivity index (χ1v) is 9.22. The van der Waals surface area contributed by atoms with Crippen LogP contribution in [0.15, 0.2) is 12.2 Å². The van der Waals surface area contributed by atoms with Crippen LogP contribution >= 0.6 is 7.26 Å². The summed E-state index contributed by atoms with van der Waals surface area (Å²) in [6.45, 7) is 12.8. The Morgan fingerprint density at radius 1 is 1.11 bits per heavy atom. The highest BCUT2D eigenvalue weighted by atomic mass is 35.5. The van der Waals surface area contributed by atoms with Crippen LogP contribution in [0.1, 0.15) is 40.5 Å². The Balaban J connectivity index is 0. The summed E-state index contributed by atoms with van der Waals surface area (Å²) in [6, 6.07) is 0. The largest absolute Gasteiger partial charge is 1.00 e. The molecule has 0 aliphatic heterocycles. The first-order chi connectivity index (χ1) is 8.01. The Labute approximate surface area is 119 Å². The van der Waals surface area contributed by atoms with Crippen LogP contribution in [0, 0.1) is 0 Å². The van der Waals surface area contributed by atoms with Gasteiger partial charge in [0.1, 0.15) is 0 Å². The zero-order valence-electron chi connectivity index (χ0n) is 12.3. The van der Waals surface area contributed by atoms with Crippen LogP contribution in [0.4, 0.5) is 0 Å². The third-order valence-corrected chi connectivity index (χ3v) is 8.91. The Morgan fingerprint density at radius 2 is 1.61 bits per heavy atom. The summed E-state index contributed by atoms with van der Waals surface area (Å²) in [5.41, 5.74) is 0.488. The van der Waals surface area contributed by atoms with Crippen LogP contribution in [-0.4, -0.2) is 37.2 Å². The Hall–Kier alpha value is -0.0700. The molecule has 0 aromatic carbocycles. The molecule has 0 N–H and O–H groups in total. The maximum absolute atomic E-state index is 11.2. The molecule has 0 saturated heterocycles. The van der Waals surface area contributed by atoms with Crippen molar-refractivity contribution < 1.29 is 21.9 Å². The van der Waals surface area contributed by atoms with Crippen molar-refractivity contribution in [3.63, 3.8) is 0 Å². The maximum Gasteiger partial charge on any atom is 0.333 e. The van der Waals surface area contributed by atoms with Crippen LogP contribution in [0.3, 0.4) is 0 Å². The monoisotopic (exact) mass is 294 g/mol. The molecule has 2 nitrogen and oxygen atoms in total. The first kappa shape index (κ1) is 20.3. The zero-order valence-corrected chi connectivity index (χ0v) is 13.9. The molecule has 4 heteroatoms. The van der Waals surface area contributed by atoms with Crippen molar-refractivity contribution >= 4 is 13.2 Å². The van der Waals surface area contributed by atoms with Crippen LogP contribution in [-0.2, 0) is 9.53 Å². The lowest BCUT2D eigenvalue weighted by atomic mass is 10.3. The average molecular weight is 295 g/mol. The highest BCUT2D eigenvalue weighted by Crippen LogP contribution is 2.58. The fourth-order valence-electron chi connectivity index (χ4n) is 1.98. The van der Waals surface area contributed by atoms with E-state index >= 15 is 0 Å². The Kier molecular flexibility index (Phi) is 12.2. The number of carbonyl (C=O) groups excluding carboxylic acids is 1. The summed E-state index contributed by atoms with van der Waals surface area (Å²) < 4.78 is 5.09. The lowest BCUT2D eigenvalue weighted by Crippen LogP contribution is -3.00. The molecule has 0 heterocycles. The SMILES string of the molecule is C=C(C)C(=O)OCCCC[P+](CC)(CC)CC.[Cl-]. The van der Waals surface area contributed by atoms with E-state index in [9.17, 15) is 4.79 Å². The van der Waals surface area contributed by atoms with Gasteiger partial charge in [-0.2, -0.15) is 0 Å². The van der Waals surface area contributed by atoms with Crippen molar-refractivity contribution in [1.29, 1.82) is 0 Å². The van der Waals surface area contributed by atoms with Crippen molar-refractivity contribution in [3.8, 4) is 0 Å². The van der Waals surface area contributed by atoms with Crippen LogP contribution in [0.2, 0.25) is 0 Å². The number of rotatable bonds is 9. The molecule has 18 heavy (non-hydrogen) atoms. The molecule has 0 atom stereocenters. The number of ether oxygens (including phenoxy) is 1. The average Bonchev–Trinajstić information content (AvgIpc) is 2.34. The topological polar surface area (TPSA) is 26.3 Å². The van der Waals surface area contributed by atoms with Crippen molar-refractivity contribution in [3.05, 3.63) is 12.2 Å². The molecule has 0 amide bonds. The van der Waals surface area contributed by atoms with Gasteiger partial charge in [0.05, 0.1) is 31.3 Å². The molecule has 0 aliphatic carbocycles. The molecule has 0 fully saturated rings. The minimum atomic E-state index is -0.680. The molecule has 0 rings (SSSR count). The highest BCUT2D eigenvalue weighted by molar-refractivity contribution is 7.75. The number of halogens is 1. The number of carbonyl (C=O) groups is 1. The van der Waals surface area contributed by atoms with Crippen LogP contribution in [0.25, 0.3) is 0 Å². The van der Waals surface area contributed by atoms with Gasteiger partial charge in [-0.15, -0.1) is 0 Å². The molecule has 0 saturated carbocycles. The summed E-state index contributed by atoms with van der Waals surface area (Å²) in [7, 11) is -0.680. The normalized spacial score (nSPS) is 10.7. The molecule has 0 aromatic rings. The van der Waals surface area contributed by atoms with E-state index in [1.165, 1.54) is 31.1 Å². The van der Waals surface area contributed by atoms with E-state index < -0.39 is 7.26 Å². The molecule has 0 unspecified atom stereocenters. The van der Waals surface area contributed by atoms with Gasteiger partial charge < -0.3 is 17.1 Å². The van der Waals surface area contributed by atoms with E-state index in [4.69, 9.17) is 4.74 Å². The molecule has 0 bridgehead atoms. The predicted octanol–water partition coefficient (Wildman–Crippen LogP) is 0.967. The van der Waals surface area contributed by atoms with E-state index in [-0.39, 0.29) is 18.4 Å². The second-order valence-electron chi connectivity index (χ2n) is 4.64. The van der Waals surface area contributed by atoms with Gasteiger partial charge in [-0.1, -0.05) is 6.58 Å². The van der Waals surface area contributed by atoms with E-state index in [2.05, 4.69) is 27.4 Å². The molecular weight excluding hydrogens is 267 g/mol. The van der Waals surface area contributed by atoms with Crippen LogP contribution in [0.5, 0.6) is 0 Å². The maximum atomic E-state index is 11.2. The van der Waals surface area contributed by atoms with Crippen molar-refractivity contribution in [2.75, 3.05) is 31.3 Å². The molecule has 0 spiro atoms. The summed E-state index contributed by atoms with van der Waals surface area (Å²) >= 11 is 0. The number of hydrogen-bond donors (Lipinski definition) is 0. The summed E-state index contributed by atoms with van der Waals surface area (Å²) in [5, 5.41) is 0.